The Morgan fingerprint density at radius 3 is 2.56 bits per heavy atom. The first-order valence-electron chi connectivity index (χ1n) is 5.41. The first-order chi connectivity index (χ1) is 8.54. The third kappa shape index (κ3) is 1.48. The molecule has 3 N–H and O–H groups in total. The molecule has 90 valence electrons. The molecule has 5 nitrogen and oxygen atoms in total. The second-order valence-electron chi connectivity index (χ2n) is 4.24. The Labute approximate surface area is 101 Å². The first kappa shape index (κ1) is 10.6. The van der Waals surface area contributed by atoms with Crippen molar-refractivity contribution >= 4 is 21.9 Å². The fourth-order valence-electron chi connectivity index (χ4n) is 1.93. The second-order valence-corrected chi connectivity index (χ2v) is 4.24. The molecule has 0 aliphatic carbocycles. The van der Waals surface area contributed by atoms with Gasteiger partial charge in [0.2, 0.25) is 0 Å². The predicted molar refractivity (Wildman–Crippen MR) is 67.9 cm³/mol. The van der Waals surface area contributed by atoms with Gasteiger partial charge in [-0.2, -0.15) is 0 Å². The van der Waals surface area contributed by atoms with Crippen molar-refractivity contribution in [3.05, 3.63) is 40.2 Å². The maximum absolute atomic E-state index is 11.3. The Morgan fingerprint density at radius 2 is 1.78 bits per heavy atom. The van der Waals surface area contributed by atoms with Crippen molar-refractivity contribution in [1.29, 1.82) is 0 Å². The Balaban J connectivity index is 2.47. The van der Waals surface area contributed by atoms with E-state index < -0.39 is 5.56 Å². The summed E-state index contributed by atoms with van der Waals surface area (Å²) in [6, 6.07) is 6.43. The fraction of sp³-hybridized carbons (Fsp3) is 0.0769. The summed E-state index contributed by atoms with van der Waals surface area (Å²) in [5.41, 5.74) is 1.83. The average molecular weight is 242 g/mol. The van der Waals surface area contributed by atoms with Crippen molar-refractivity contribution in [2.75, 3.05) is 0 Å². The summed E-state index contributed by atoms with van der Waals surface area (Å²) in [5.74, 6) is -0.200. The summed E-state index contributed by atoms with van der Waals surface area (Å²) in [6.45, 7) is 1.79. The zero-order valence-electron chi connectivity index (χ0n) is 9.56. The number of rotatable bonds is 0. The topological polar surface area (TPSA) is 86.2 Å². The number of pyridine rings is 2. The molecular formula is C13H10N2O3. The number of aromatic amines is 1. The largest absolute Gasteiger partial charge is 0.508 e. The van der Waals surface area contributed by atoms with Gasteiger partial charge >= 0.3 is 0 Å². The van der Waals surface area contributed by atoms with E-state index in [9.17, 15) is 15.0 Å². The number of hydrogen-bond donors (Lipinski definition) is 3. The van der Waals surface area contributed by atoms with Crippen LogP contribution in [0.15, 0.2) is 29.1 Å². The van der Waals surface area contributed by atoms with Crippen LogP contribution in [0, 0.1) is 6.92 Å². The quantitative estimate of drug-likeness (QED) is 0.524. The van der Waals surface area contributed by atoms with E-state index in [-0.39, 0.29) is 11.5 Å². The van der Waals surface area contributed by atoms with Crippen LogP contribution in [0.3, 0.4) is 0 Å². The normalized spacial score (nSPS) is 11.2. The molecule has 0 radical (unpaired) electrons. The van der Waals surface area contributed by atoms with Crippen LogP contribution in [0.25, 0.3) is 21.9 Å². The van der Waals surface area contributed by atoms with Gasteiger partial charge in [0.05, 0.1) is 16.6 Å². The van der Waals surface area contributed by atoms with Crippen LogP contribution in [0.5, 0.6) is 11.5 Å². The van der Waals surface area contributed by atoms with Crippen molar-refractivity contribution in [1.82, 2.24) is 9.97 Å². The van der Waals surface area contributed by atoms with Crippen molar-refractivity contribution in [2.24, 2.45) is 0 Å². The number of aryl methyl sites for hydroxylation is 1. The molecule has 0 fully saturated rings. The van der Waals surface area contributed by atoms with E-state index in [1.165, 1.54) is 6.07 Å². The van der Waals surface area contributed by atoms with Crippen LogP contribution in [0.4, 0.5) is 0 Å². The highest BCUT2D eigenvalue weighted by molar-refractivity contribution is 5.92. The summed E-state index contributed by atoms with van der Waals surface area (Å²) in [5, 5.41) is 19.8. The Hall–Kier alpha value is -2.56. The lowest BCUT2D eigenvalue weighted by Crippen LogP contribution is -2.04. The maximum Gasteiger partial charge on any atom is 0.290 e. The monoisotopic (exact) mass is 242 g/mol. The number of aromatic nitrogens is 2. The molecule has 18 heavy (non-hydrogen) atoms. The van der Waals surface area contributed by atoms with E-state index >= 15 is 0 Å². The van der Waals surface area contributed by atoms with Gasteiger partial charge in [0, 0.05) is 17.5 Å². The lowest BCUT2D eigenvalue weighted by molar-refractivity contribution is 0.468. The van der Waals surface area contributed by atoms with Gasteiger partial charge in [-0.1, -0.05) is 0 Å². The lowest BCUT2D eigenvalue weighted by Gasteiger charge is -2.04. The summed E-state index contributed by atoms with van der Waals surface area (Å²) in [7, 11) is 0. The number of benzene rings is 1. The number of aromatic hydroxyl groups is 2. The summed E-state index contributed by atoms with van der Waals surface area (Å²) in [6.07, 6.45) is 0. The van der Waals surface area contributed by atoms with Crippen molar-refractivity contribution in [2.45, 2.75) is 6.92 Å². The van der Waals surface area contributed by atoms with E-state index in [4.69, 9.17) is 0 Å². The molecule has 2 heterocycles. The van der Waals surface area contributed by atoms with Crippen LogP contribution < -0.4 is 5.56 Å². The highest BCUT2D eigenvalue weighted by atomic mass is 16.3. The van der Waals surface area contributed by atoms with Gasteiger partial charge in [0.25, 0.3) is 5.56 Å². The molecule has 5 heteroatoms. The van der Waals surface area contributed by atoms with Crippen LogP contribution in [-0.2, 0) is 0 Å². The number of phenolic OH excluding ortho intramolecular Hbond substituents is 1. The third-order valence-corrected chi connectivity index (χ3v) is 2.92. The standard InChI is InChI=1S/C13H10N2O3/c1-6-2-7-3-9-10(5-12(17)13(18)15-9)14-8(7)4-11(6)16/h2-5,16-17H,1H3,(H,15,18). The zero-order chi connectivity index (χ0) is 12.9. The smallest absolute Gasteiger partial charge is 0.290 e. The highest BCUT2D eigenvalue weighted by Gasteiger charge is 2.06. The number of phenols is 1. The molecule has 0 unspecified atom stereocenters. The molecule has 0 amide bonds. The Kier molecular flexibility index (Phi) is 2.04. The fourth-order valence-corrected chi connectivity index (χ4v) is 1.93. The van der Waals surface area contributed by atoms with Gasteiger partial charge in [0.15, 0.2) is 5.75 Å². The minimum Gasteiger partial charge on any atom is -0.508 e. The molecule has 0 spiro atoms. The highest BCUT2D eigenvalue weighted by Crippen LogP contribution is 2.25. The van der Waals surface area contributed by atoms with Crippen LogP contribution >= 0.6 is 0 Å². The van der Waals surface area contributed by atoms with E-state index in [1.807, 2.05) is 0 Å². The molecule has 0 aliphatic heterocycles. The van der Waals surface area contributed by atoms with Crippen LogP contribution in [0.2, 0.25) is 0 Å². The van der Waals surface area contributed by atoms with E-state index in [1.54, 1.807) is 25.1 Å². The van der Waals surface area contributed by atoms with Gasteiger partial charge in [0.1, 0.15) is 5.75 Å². The van der Waals surface area contributed by atoms with Gasteiger partial charge in [-0.25, -0.2) is 4.98 Å². The lowest BCUT2D eigenvalue weighted by atomic mass is 10.1. The molecule has 1 aromatic carbocycles. The molecule has 0 saturated carbocycles. The van der Waals surface area contributed by atoms with Crippen molar-refractivity contribution in [3.8, 4) is 11.5 Å². The number of fused-ring (bicyclic) bond motifs is 2. The molecule has 0 aliphatic rings. The van der Waals surface area contributed by atoms with Gasteiger partial charge in [-0.05, 0) is 24.6 Å². The zero-order valence-corrected chi connectivity index (χ0v) is 9.56. The molecule has 3 aromatic rings. The molecule has 0 atom stereocenters. The van der Waals surface area contributed by atoms with Gasteiger partial charge in [-0.15, -0.1) is 0 Å². The van der Waals surface area contributed by atoms with E-state index in [0.29, 0.717) is 16.6 Å². The molecule has 3 rings (SSSR count). The van der Waals surface area contributed by atoms with E-state index in [0.717, 1.165) is 10.9 Å². The number of hydrogen-bond acceptors (Lipinski definition) is 4. The molecule has 0 bridgehead atoms. The Bertz CT molecular complexity index is 837. The van der Waals surface area contributed by atoms with Crippen LogP contribution in [-0.4, -0.2) is 20.2 Å². The average Bonchev–Trinajstić information content (AvgIpc) is 2.31. The van der Waals surface area contributed by atoms with Gasteiger partial charge in [-0.3, -0.25) is 4.79 Å². The molecule has 2 aromatic heterocycles. The molecular weight excluding hydrogens is 232 g/mol. The summed E-state index contributed by atoms with van der Waals surface area (Å²) >= 11 is 0. The minimum absolute atomic E-state index is 0.169. The third-order valence-electron chi connectivity index (χ3n) is 2.92. The maximum atomic E-state index is 11.3. The minimum atomic E-state index is -0.542. The second kappa shape index (κ2) is 3.46. The number of H-pyrrole nitrogens is 1. The van der Waals surface area contributed by atoms with Crippen molar-refractivity contribution in [3.63, 3.8) is 0 Å². The predicted octanol–water partition coefficient (Wildman–Crippen LogP) is 1.80. The van der Waals surface area contributed by atoms with Crippen LogP contribution in [0.1, 0.15) is 5.56 Å². The molecule has 0 saturated heterocycles. The SMILES string of the molecule is Cc1cc2cc3[nH]c(=O)c(O)cc3nc2cc1O. The number of nitrogens with one attached hydrogen (secondary N) is 1. The first-order valence-corrected chi connectivity index (χ1v) is 5.41. The summed E-state index contributed by atoms with van der Waals surface area (Å²) < 4.78 is 0. The van der Waals surface area contributed by atoms with E-state index in [2.05, 4.69) is 9.97 Å². The summed E-state index contributed by atoms with van der Waals surface area (Å²) in [4.78, 5) is 18.2. The number of nitrogens with zero attached hydrogens (tertiary/aromatic N) is 1. The Morgan fingerprint density at radius 1 is 1.06 bits per heavy atom. The van der Waals surface area contributed by atoms with Crippen molar-refractivity contribution < 1.29 is 10.2 Å². The van der Waals surface area contributed by atoms with Gasteiger partial charge < -0.3 is 15.2 Å².